The summed E-state index contributed by atoms with van der Waals surface area (Å²) in [6.07, 6.45) is 0. The molecule has 0 aromatic heterocycles. The molecule has 22 heavy (non-hydrogen) atoms. The molecule has 0 spiro atoms. The highest BCUT2D eigenvalue weighted by Gasteiger charge is 2.06. The van der Waals surface area contributed by atoms with Crippen molar-refractivity contribution in [3.8, 4) is 11.8 Å². The highest BCUT2D eigenvalue weighted by Crippen LogP contribution is 2.15. The fourth-order valence-corrected chi connectivity index (χ4v) is 2.21. The van der Waals surface area contributed by atoms with E-state index >= 15 is 0 Å². The predicted octanol–water partition coefficient (Wildman–Crippen LogP) is 3.88. The van der Waals surface area contributed by atoms with Crippen molar-refractivity contribution in [2.24, 2.45) is 5.16 Å². The maximum absolute atomic E-state index is 8.83. The highest BCUT2D eigenvalue weighted by molar-refractivity contribution is 9.08. The minimum absolute atomic E-state index is 0.285. The second kappa shape index (κ2) is 8.20. The predicted molar refractivity (Wildman–Crippen MR) is 89.3 cm³/mol. The van der Waals surface area contributed by atoms with Gasteiger partial charge in [-0.15, -0.1) is 0 Å². The maximum atomic E-state index is 8.83. The number of alkyl halides is 1. The van der Waals surface area contributed by atoms with E-state index in [1.807, 2.05) is 36.4 Å². The molecule has 0 radical (unpaired) electrons. The Morgan fingerprint density at radius 2 is 1.82 bits per heavy atom. The van der Waals surface area contributed by atoms with Crippen LogP contribution in [0.5, 0.6) is 5.75 Å². The first kappa shape index (κ1) is 16.1. The zero-order valence-electron chi connectivity index (χ0n) is 12.1. The van der Waals surface area contributed by atoms with E-state index in [1.165, 1.54) is 12.7 Å². The van der Waals surface area contributed by atoms with Crippen LogP contribution in [0.3, 0.4) is 0 Å². The quantitative estimate of drug-likeness (QED) is 0.447. The smallest absolute Gasteiger partial charge is 0.134 e. The number of benzene rings is 2. The first-order valence-corrected chi connectivity index (χ1v) is 7.77. The van der Waals surface area contributed by atoms with Crippen LogP contribution >= 0.6 is 15.9 Å². The second-order valence-corrected chi connectivity index (χ2v) is 5.04. The highest BCUT2D eigenvalue weighted by atomic mass is 79.9. The van der Waals surface area contributed by atoms with Crippen LogP contribution in [-0.2, 0) is 10.2 Å². The average molecular weight is 359 g/mol. The number of hydrogen-bond acceptors (Lipinski definition) is 4. The van der Waals surface area contributed by atoms with Gasteiger partial charge >= 0.3 is 0 Å². The molecule has 0 saturated heterocycles. The molecule has 0 amide bonds. The molecule has 2 rings (SSSR count). The van der Waals surface area contributed by atoms with Gasteiger partial charge in [0.25, 0.3) is 0 Å². The van der Waals surface area contributed by atoms with Gasteiger partial charge < -0.3 is 9.57 Å². The Labute approximate surface area is 138 Å². The molecule has 4 nitrogen and oxygen atoms in total. The van der Waals surface area contributed by atoms with Crippen molar-refractivity contribution in [2.75, 3.05) is 13.7 Å². The average Bonchev–Trinajstić information content (AvgIpc) is 2.59. The van der Waals surface area contributed by atoms with E-state index in [1.54, 1.807) is 12.1 Å². The monoisotopic (exact) mass is 358 g/mol. The lowest BCUT2D eigenvalue weighted by atomic mass is 10.1. The first-order valence-electron chi connectivity index (χ1n) is 6.65. The zero-order chi connectivity index (χ0) is 15.8. The summed E-state index contributed by atoms with van der Waals surface area (Å²) in [6.45, 7) is 0.285. The molecule has 5 heteroatoms. The van der Waals surface area contributed by atoms with Crippen molar-refractivity contribution in [2.45, 2.75) is 5.33 Å². The van der Waals surface area contributed by atoms with Crippen LogP contribution in [0.4, 0.5) is 0 Å². The minimum Gasteiger partial charge on any atom is -0.487 e. The summed E-state index contributed by atoms with van der Waals surface area (Å²) >= 11 is 3.41. The summed E-state index contributed by atoms with van der Waals surface area (Å²) in [5.41, 5.74) is 3.31. The third-order valence-corrected chi connectivity index (χ3v) is 3.65. The Morgan fingerprint density at radius 3 is 2.36 bits per heavy atom. The fourth-order valence-electron chi connectivity index (χ4n) is 1.84. The molecule has 0 aliphatic rings. The van der Waals surface area contributed by atoms with Gasteiger partial charge in [-0.05, 0) is 29.8 Å². The molecule has 0 atom stereocenters. The fraction of sp³-hybridized carbons (Fsp3) is 0.176. The van der Waals surface area contributed by atoms with E-state index in [4.69, 9.17) is 14.8 Å². The van der Waals surface area contributed by atoms with Gasteiger partial charge in [0.1, 0.15) is 25.2 Å². The summed E-state index contributed by atoms with van der Waals surface area (Å²) < 4.78 is 5.74. The van der Waals surface area contributed by atoms with Crippen molar-refractivity contribution in [3.05, 3.63) is 65.2 Å². The van der Waals surface area contributed by atoms with Crippen LogP contribution in [-0.4, -0.2) is 19.4 Å². The van der Waals surface area contributed by atoms with Crippen molar-refractivity contribution in [3.63, 3.8) is 0 Å². The third-order valence-electron chi connectivity index (χ3n) is 3.00. The minimum atomic E-state index is 0.285. The van der Waals surface area contributed by atoms with Crippen LogP contribution in [0, 0.1) is 11.3 Å². The molecule has 112 valence electrons. The first-order chi connectivity index (χ1) is 10.8. The van der Waals surface area contributed by atoms with Gasteiger partial charge in [-0.25, -0.2) is 0 Å². The molecule has 0 bridgehead atoms. The van der Waals surface area contributed by atoms with Gasteiger partial charge in [0, 0.05) is 10.9 Å². The lowest BCUT2D eigenvalue weighted by Gasteiger charge is -2.09. The van der Waals surface area contributed by atoms with Gasteiger partial charge in [0.2, 0.25) is 0 Å². The Morgan fingerprint density at radius 1 is 1.14 bits per heavy atom. The van der Waals surface area contributed by atoms with E-state index < -0.39 is 0 Å². The van der Waals surface area contributed by atoms with Crippen molar-refractivity contribution < 1.29 is 9.57 Å². The second-order valence-electron chi connectivity index (χ2n) is 4.48. The Kier molecular flexibility index (Phi) is 5.99. The molecular weight excluding hydrogens is 344 g/mol. The Balaban J connectivity index is 2.08. The molecule has 0 saturated carbocycles. The largest absolute Gasteiger partial charge is 0.487 e. The number of rotatable bonds is 6. The molecule has 2 aromatic carbocycles. The summed E-state index contributed by atoms with van der Waals surface area (Å²) in [4.78, 5) is 4.88. The van der Waals surface area contributed by atoms with Crippen LogP contribution < -0.4 is 4.74 Å². The lowest BCUT2D eigenvalue weighted by molar-refractivity contribution is 0.210. The van der Waals surface area contributed by atoms with E-state index in [0.29, 0.717) is 11.3 Å². The van der Waals surface area contributed by atoms with Gasteiger partial charge in [0.15, 0.2) is 0 Å². The Hall–Kier alpha value is -2.32. The lowest BCUT2D eigenvalue weighted by Crippen LogP contribution is -2.13. The topological polar surface area (TPSA) is 54.6 Å². The van der Waals surface area contributed by atoms with Gasteiger partial charge in [-0.2, -0.15) is 5.26 Å². The molecule has 0 aliphatic carbocycles. The summed E-state index contributed by atoms with van der Waals surface area (Å²) in [6, 6.07) is 17.1. The summed E-state index contributed by atoms with van der Waals surface area (Å²) in [7, 11) is 1.49. The normalized spacial score (nSPS) is 10.9. The number of oxime groups is 1. The van der Waals surface area contributed by atoms with Crippen LogP contribution in [0.2, 0.25) is 0 Å². The summed E-state index contributed by atoms with van der Waals surface area (Å²) in [5, 5.41) is 13.6. The van der Waals surface area contributed by atoms with Crippen LogP contribution in [0.1, 0.15) is 16.7 Å². The van der Waals surface area contributed by atoms with Crippen LogP contribution in [0.25, 0.3) is 0 Å². The van der Waals surface area contributed by atoms with Crippen LogP contribution in [0.15, 0.2) is 53.7 Å². The van der Waals surface area contributed by atoms with Crippen molar-refractivity contribution >= 4 is 21.6 Å². The Bertz CT molecular complexity index is 673. The van der Waals surface area contributed by atoms with Gasteiger partial charge in [-0.3, -0.25) is 0 Å². The SMILES string of the molecule is CON=C(COc1ccc(CBr)cc1)c1ccc(C#N)cc1. The van der Waals surface area contributed by atoms with Gasteiger partial charge in [-0.1, -0.05) is 45.4 Å². The number of halogens is 1. The van der Waals surface area contributed by atoms with Crippen molar-refractivity contribution in [1.29, 1.82) is 5.26 Å². The molecule has 0 aliphatic heterocycles. The zero-order valence-corrected chi connectivity index (χ0v) is 13.7. The molecular formula is C17H15BrN2O2. The number of hydrogen-bond donors (Lipinski definition) is 0. The van der Waals surface area contributed by atoms with E-state index in [-0.39, 0.29) is 6.61 Å². The van der Waals surface area contributed by atoms with Gasteiger partial charge in [0.05, 0.1) is 11.6 Å². The number of nitriles is 1. The molecule has 0 N–H and O–H groups in total. The van der Waals surface area contributed by atoms with Crippen molar-refractivity contribution in [1.82, 2.24) is 0 Å². The van der Waals surface area contributed by atoms with E-state index in [0.717, 1.165) is 16.6 Å². The molecule has 0 fully saturated rings. The molecule has 0 heterocycles. The summed E-state index contributed by atoms with van der Waals surface area (Å²) in [5.74, 6) is 0.766. The number of nitrogens with zero attached hydrogens (tertiary/aromatic N) is 2. The molecule has 0 unspecified atom stereocenters. The standard InChI is InChI=1S/C17H15BrN2O2/c1-21-20-17(15-6-2-14(11-19)3-7-15)12-22-16-8-4-13(10-18)5-9-16/h2-9H,10,12H2,1H3. The number of ether oxygens (including phenoxy) is 1. The third kappa shape index (κ3) is 4.34. The van der Waals surface area contributed by atoms with E-state index in [2.05, 4.69) is 27.2 Å². The van der Waals surface area contributed by atoms with E-state index in [9.17, 15) is 0 Å². The maximum Gasteiger partial charge on any atom is 0.134 e. The molecule has 2 aromatic rings.